The van der Waals surface area contributed by atoms with Gasteiger partial charge in [0.15, 0.2) is 0 Å². The molecule has 0 aliphatic carbocycles. The van der Waals surface area contributed by atoms with Gasteiger partial charge in [0.2, 0.25) is 0 Å². The zero-order chi connectivity index (χ0) is 8.97. The van der Waals surface area contributed by atoms with Gasteiger partial charge in [-0.15, -0.1) is 0 Å². The molecule has 0 unspecified atom stereocenters. The molecule has 0 aliphatic heterocycles. The molecule has 0 amide bonds. The van der Waals surface area contributed by atoms with Crippen molar-refractivity contribution in [1.82, 2.24) is 9.97 Å². The van der Waals surface area contributed by atoms with Crippen molar-refractivity contribution >= 4 is 17.4 Å². The molecule has 0 aromatic carbocycles. The molecule has 4 heteroatoms. The zero-order valence-corrected chi connectivity index (χ0v) is 7.60. The fourth-order valence-electron chi connectivity index (χ4n) is 0.761. The lowest BCUT2D eigenvalue weighted by Gasteiger charge is -2.04. The van der Waals surface area contributed by atoms with Crippen LogP contribution in [0.4, 0.5) is 5.82 Å². The Balaban J connectivity index is 2.63. The molecule has 0 fully saturated rings. The molecule has 1 aromatic rings. The lowest BCUT2D eigenvalue weighted by atomic mass is 10.4. The van der Waals surface area contributed by atoms with E-state index in [-0.39, 0.29) is 0 Å². The SMILES string of the molecule is C=C(Cl)CNc1nccnc1C. The predicted molar refractivity (Wildman–Crippen MR) is 50.3 cm³/mol. The highest BCUT2D eigenvalue weighted by Gasteiger charge is 1.97. The summed E-state index contributed by atoms with van der Waals surface area (Å²) in [6.45, 7) is 5.95. The van der Waals surface area contributed by atoms with Crippen LogP contribution in [0, 0.1) is 6.92 Å². The van der Waals surface area contributed by atoms with Crippen molar-refractivity contribution in [3.05, 3.63) is 29.7 Å². The van der Waals surface area contributed by atoms with Gasteiger partial charge in [-0.25, -0.2) is 4.98 Å². The number of rotatable bonds is 3. The zero-order valence-electron chi connectivity index (χ0n) is 6.84. The van der Waals surface area contributed by atoms with E-state index in [1.165, 1.54) is 0 Å². The molecule has 1 aromatic heterocycles. The van der Waals surface area contributed by atoms with Gasteiger partial charge in [0.05, 0.1) is 12.2 Å². The van der Waals surface area contributed by atoms with Crippen LogP contribution < -0.4 is 5.32 Å². The molecule has 0 spiro atoms. The first-order valence-corrected chi connectivity index (χ1v) is 3.92. The second-order valence-corrected chi connectivity index (χ2v) is 2.90. The molecule has 3 nitrogen and oxygen atoms in total. The third-order valence-electron chi connectivity index (χ3n) is 1.33. The maximum Gasteiger partial charge on any atom is 0.147 e. The summed E-state index contributed by atoms with van der Waals surface area (Å²) in [5.41, 5.74) is 0.857. The molecule has 1 rings (SSSR count). The monoisotopic (exact) mass is 183 g/mol. The Kier molecular flexibility index (Phi) is 3.05. The first-order valence-electron chi connectivity index (χ1n) is 3.55. The van der Waals surface area contributed by atoms with Gasteiger partial charge in [-0.1, -0.05) is 18.2 Å². The molecular formula is C8H10ClN3. The van der Waals surface area contributed by atoms with Crippen LogP contribution in [0.5, 0.6) is 0 Å². The van der Waals surface area contributed by atoms with E-state index in [4.69, 9.17) is 11.6 Å². The van der Waals surface area contributed by atoms with Gasteiger partial charge in [0.25, 0.3) is 0 Å². The average molecular weight is 184 g/mol. The maximum absolute atomic E-state index is 5.57. The van der Waals surface area contributed by atoms with Crippen LogP contribution in [0.15, 0.2) is 24.0 Å². The number of anilines is 1. The third-order valence-corrected chi connectivity index (χ3v) is 1.46. The number of hydrogen-bond acceptors (Lipinski definition) is 3. The largest absolute Gasteiger partial charge is 0.364 e. The molecule has 0 bridgehead atoms. The van der Waals surface area contributed by atoms with Crippen LogP contribution in [0.25, 0.3) is 0 Å². The molecule has 64 valence electrons. The van der Waals surface area contributed by atoms with E-state index in [1.807, 2.05) is 6.92 Å². The number of aromatic nitrogens is 2. The Morgan fingerprint density at radius 2 is 2.25 bits per heavy atom. The Bertz CT molecular complexity index is 285. The van der Waals surface area contributed by atoms with E-state index in [2.05, 4.69) is 21.9 Å². The summed E-state index contributed by atoms with van der Waals surface area (Å²) in [7, 11) is 0. The second kappa shape index (κ2) is 4.07. The van der Waals surface area contributed by atoms with E-state index < -0.39 is 0 Å². The minimum atomic E-state index is 0.515. The van der Waals surface area contributed by atoms with Crippen molar-refractivity contribution in [2.24, 2.45) is 0 Å². The highest BCUT2D eigenvalue weighted by Crippen LogP contribution is 2.07. The van der Waals surface area contributed by atoms with Crippen LogP contribution in [0.2, 0.25) is 0 Å². The van der Waals surface area contributed by atoms with Crippen LogP contribution in [0.1, 0.15) is 5.69 Å². The predicted octanol–water partition coefficient (Wildman–Crippen LogP) is 1.95. The average Bonchev–Trinajstić information content (AvgIpc) is 2.03. The van der Waals surface area contributed by atoms with Gasteiger partial charge in [-0.3, -0.25) is 4.98 Å². The van der Waals surface area contributed by atoms with E-state index in [0.29, 0.717) is 11.6 Å². The summed E-state index contributed by atoms with van der Waals surface area (Å²) in [4.78, 5) is 8.14. The summed E-state index contributed by atoms with van der Waals surface area (Å²) < 4.78 is 0. The standard InChI is InChI=1S/C8H10ClN3/c1-6(9)5-12-8-7(2)10-3-4-11-8/h3-4H,1,5H2,2H3,(H,11,12). The fourth-order valence-corrected chi connectivity index (χ4v) is 0.828. The van der Waals surface area contributed by atoms with E-state index in [0.717, 1.165) is 11.5 Å². The highest BCUT2D eigenvalue weighted by molar-refractivity contribution is 6.29. The summed E-state index contributed by atoms with van der Waals surface area (Å²) in [6.07, 6.45) is 3.28. The van der Waals surface area contributed by atoms with Gasteiger partial charge in [0, 0.05) is 17.4 Å². The summed E-state index contributed by atoms with van der Waals surface area (Å²) in [6, 6.07) is 0. The van der Waals surface area contributed by atoms with Gasteiger partial charge >= 0.3 is 0 Å². The first-order chi connectivity index (χ1) is 5.70. The van der Waals surface area contributed by atoms with Crippen molar-refractivity contribution in [3.63, 3.8) is 0 Å². The summed E-state index contributed by atoms with van der Waals surface area (Å²) >= 11 is 5.57. The van der Waals surface area contributed by atoms with Crippen LogP contribution in [-0.4, -0.2) is 16.5 Å². The molecule has 0 aliphatic rings. The molecule has 1 heterocycles. The van der Waals surface area contributed by atoms with E-state index in [1.54, 1.807) is 12.4 Å². The van der Waals surface area contributed by atoms with E-state index >= 15 is 0 Å². The summed E-state index contributed by atoms with van der Waals surface area (Å²) in [5.74, 6) is 0.749. The smallest absolute Gasteiger partial charge is 0.147 e. The van der Waals surface area contributed by atoms with Gasteiger partial charge < -0.3 is 5.32 Å². The van der Waals surface area contributed by atoms with Crippen LogP contribution in [-0.2, 0) is 0 Å². The Labute approximate surface area is 76.5 Å². The Morgan fingerprint density at radius 1 is 1.58 bits per heavy atom. The number of nitrogens with zero attached hydrogens (tertiary/aromatic N) is 2. The van der Waals surface area contributed by atoms with Gasteiger partial charge in [-0.05, 0) is 6.92 Å². The highest BCUT2D eigenvalue weighted by atomic mass is 35.5. The maximum atomic E-state index is 5.57. The third kappa shape index (κ3) is 2.51. The Morgan fingerprint density at radius 3 is 2.83 bits per heavy atom. The van der Waals surface area contributed by atoms with Gasteiger partial charge in [0.1, 0.15) is 5.82 Å². The molecular weight excluding hydrogens is 174 g/mol. The van der Waals surface area contributed by atoms with Crippen molar-refractivity contribution < 1.29 is 0 Å². The van der Waals surface area contributed by atoms with Crippen LogP contribution in [0.3, 0.4) is 0 Å². The lowest BCUT2D eigenvalue weighted by Crippen LogP contribution is -2.05. The van der Waals surface area contributed by atoms with Crippen molar-refractivity contribution in [3.8, 4) is 0 Å². The number of hydrogen-bond donors (Lipinski definition) is 1. The number of aryl methyl sites for hydroxylation is 1. The first kappa shape index (κ1) is 9.00. The second-order valence-electron chi connectivity index (χ2n) is 2.36. The molecule has 1 N–H and O–H groups in total. The minimum absolute atomic E-state index is 0.515. The normalized spacial score (nSPS) is 9.50. The summed E-state index contributed by atoms with van der Waals surface area (Å²) in [5, 5.41) is 3.56. The van der Waals surface area contributed by atoms with Crippen LogP contribution >= 0.6 is 11.6 Å². The van der Waals surface area contributed by atoms with E-state index in [9.17, 15) is 0 Å². The molecule has 0 radical (unpaired) electrons. The van der Waals surface area contributed by atoms with Crippen molar-refractivity contribution in [1.29, 1.82) is 0 Å². The fraction of sp³-hybridized carbons (Fsp3) is 0.250. The van der Waals surface area contributed by atoms with Crippen molar-refractivity contribution in [2.45, 2.75) is 6.92 Å². The molecule has 0 atom stereocenters. The molecule has 12 heavy (non-hydrogen) atoms. The molecule has 0 saturated heterocycles. The lowest BCUT2D eigenvalue weighted by molar-refractivity contribution is 1.09. The molecule has 0 saturated carbocycles. The number of nitrogens with one attached hydrogen (secondary N) is 1. The number of halogens is 1. The van der Waals surface area contributed by atoms with Crippen molar-refractivity contribution in [2.75, 3.05) is 11.9 Å². The quantitative estimate of drug-likeness (QED) is 0.779. The minimum Gasteiger partial charge on any atom is -0.364 e. The Hall–Kier alpha value is -1.09. The van der Waals surface area contributed by atoms with Gasteiger partial charge in [-0.2, -0.15) is 0 Å². The topological polar surface area (TPSA) is 37.8 Å².